The average Bonchev–Trinajstić information content (AvgIpc) is 2.87. The van der Waals surface area contributed by atoms with Crippen molar-refractivity contribution in [1.82, 2.24) is 4.90 Å². The van der Waals surface area contributed by atoms with Gasteiger partial charge >= 0.3 is 6.18 Å². The zero-order chi connectivity index (χ0) is 15.0. The first kappa shape index (κ1) is 15.5. The highest BCUT2D eigenvalue weighted by Gasteiger charge is 2.49. The normalized spacial score (nSPS) is 26.6. The molecule has 1 heterocycles. The fourth-order valence-corrected chi connectivity index (χ4v) is 3.57. The fraction of sp³-hybridized carbons (Fsp3) is 0.846. The molecular formula is C13H19F3N2OS. The SMILES string of the molecule is NC(=S)C1(C(=O)N2CCCC(C(F)(F)F)C2)CCCC1. The number of piperidine rings is 1. The van der Waals surface area contributed by atoms with Crippen LogP contribution in [0.1, 0.15) is 38.5 Å². The second-order valence-corrected chi connectivity index (χ2v) is 6.23. The Labute approximate surface area is 121 Å². The van der Waals surface area contributed by atoms with E-state index in [0.717, 1.165) is 12.8 Å². The van der Waals surface area contributed by atoms with Crippen LogP contribution in [0.15, 0.2) is 0 Å². The Morgan fingerprint density at radius 3 is 2.35 bits per heavy atom. The van der Waals surface area contributed by atoms with Gasteiger partial charge in [-0.15, -0.1) is 0 Å². The number of hydrogen-bond donors (Lipinski definition) is 1. The summed E-state index contributed by atoms with van der Waals surface area (Å²) in [6.07, 6.45) is -0.955. The molecule has 2 rings (SSSR count). The molecular weight excluding hydrogens is 289 g/mol. The zero-order valence-corrected chi connectivity index (χ0v) is 12.0. The molecule has 0 spiro atoms. The van der Waals surface area contributed by atoms with Crippen LogP contribution in [-0.4, -0.2) is 35.1 Å². The molecule has 20 heavy (non-hydrogen) atoms. The summed E-state index contributed by atoms with van der Waals surface area (Å²) in [5.41, 5.74) is 4.82. The maximum absolute atomic E-state index is 12.8. The number of likely N-dealkylation sites (tertiary alicyclic amines) is 1. The molecule has 0 bridgehead atoms. The Balaban J connectivity index is 2.14. The Morgan fingerprint density at radius 2 is 1.85 bits per heavy atom. The van der Waals surface area contributed by atoms with E-state index < -0.39 is 17.5 Å². The van der Waals surface area contributed by atoms with Crippen molar-refractivity contribution in [2.75, 3.05) is 13.1 Å². The van der Waals surface area contributed by atoms with Crippen LogP contribution in [0.2, 0.25) is 0 Å². The quantitative estimate of drug-likeness (QED) is 0.798. The molecule has 1 aliphatic heterocycles. The number of thiocarbonyl (C=S) groups is 1. The molecule has 3 nitrogen and oxygen atoms in total. The standard InChI is InChI=1S/C13H19F3N2OS/c14-13(15,16)9-4-3-7-18(8-9)11(19)12(10(17)20)5-1-2-6-12/h9H,1-8H2,(H2,17,20). The minimum Gasteiger partial charge on any atom is -0.392 e. The van der Waals surface area contributed by atoms with Crippen LogP contribution in [0.4, 0.5) is 13.2 Å². The summed E-state index contributed by atoms with van der Waals surface area (Å²) < 4.78 is 38.5. The summed E-state index contributed by atoms with van der Waals surface area (Å²) in [6, 6.07) is 0. The number of alkyl halides is 3. The minimum absolute atomic E-state index is 0.0906. The number of carbonyl (C=O) groups is 1. The van der Waals surface area contributed by atoms with Crippen LogP contribution < -0.4 is 5.73 Å². The van der Waals surface area contributed by atoms with E-state index in [9.17, 15) is 18.0 Å². The van der Waals surface area contributed by atoms with Crippen molar-refractivity contribution in [3.05, 3.63) is 0 Å². The van der Waals surface area contributed by atoms with Crippen LogP contribution in [-0.2, 0) is 4.79 Å². The number of hydrogen-bond acceptors (Lipinski definition) is 2. The molecule has 0 radical (unpaired) electrons. The molecule has 1 saturated heterocycles. The van der Waals surface area contributed by atoms with Gasteiger partial charge in [-0.2, -0.15) is 13.2 Å². The summed E-state index contributed by atoms with van der Waals surface area (Å²) in [7, 11) is 0. The minimum atomic E-state index is -4.25. The summed E-state index contributed by atoms with van der Waals surface area (Å²) >= 11 is 5.02. The molecule has 1 aliphatic carbocycles. The molecule has 0 aromatic rings. The van der Waals surface area contributed by atoms with Gasteiger partial charge < -0.3 is 10.6 Å². The van der Waals surface area contributed by atoms with Crippen molar-refractivity contribution in [2.45, 2.75) is 44.7 Å². The van der Waals surface area contributed by atoms with E-state index in [-0.39, 0.29) is 23.9 Å². The average molecular weight is 308 g/mol. The molecule has 2 fully saturated rings. The molecule has 2 N–H and O–H groups in total. The predicted octanol–water partition coefficient (Wildman–Crippen LogP) is 2.63. The van der Waals surface area contributed by atoms with Gasteiger partial charge in [-0.1, -0.05) is 25.1 Å². The van der Waals surface area contributed by atoms with Gasteiger partial charge in [-0.05, 0) is 25.7 Å². The zero-order valence-electron chi connectivity index (χ0n) is 11.2. The summed E-state index contributed by atoms with van der Waals surface area (Å²) in [5, 5.41) is 0. The monoisotopic (exact) mass is 308 g/mol. The van der Waals surface area contributed by atoms with Crippen molar-refractivity contribution in [2.24, 2.45) is 17.1 Å². The van der Waals surface area contributed by atoms with Gasteiger partial charge in [0.2, 0.25) is 5.91 Å². The second kappa shape index (κ2) is 5.50. The van der Waals surface area contributed by atoms with Crippen molar-refractivity contribution in [3.63, 3.8) is 0 Å². The number of amides is 1. The highest BCUT2D eigenvalue weighted by atomic mass is 32.1. The first-order chi connectivity index (χ1) is 9.27. The van der Waals surface area contributed by atoms with Gasteiger partial charge in [0.1, 0.15) is 0 Å². The Morgan fingerprint density at radius 1 is 1.25 bits per heavy atom. The lowest BCUT2D eigenvalue weighted by Gasteiger charge is -2.39. The number of rotatable bonds is 2. The largest absolute Gasteiger partial charge is 0.393 e. The van der Waals surface area contributed by atoms with Gasteiger partial charge in [0.15, 0.2) is 0 Å². The third-order valence-corrected chi connectivity index (χ3v) is 4.90. The van der Waals surface area contributed by atoms with Crippen LogP contribution in [0.5, 0.6) is 0 Å². The molecule has 1 unspecified atom stereocenters. The first-order valence-corrected chi connectivity index (χ1v) is 7.34. The Hall–Kier alpha value is -0.850. The van der Waals surface area contributed by atoms with Gasteiger partial charge in [-0.25, -0.2) is 0 Å². The third kappa shape index (κ3) is 2.77. The van der Waals surface area contributed by atoms with E-state index in [1.54, 1.807) is 0 Å². The van der Waals surface area contributed by atoms with E-state index in [1.165, 1.54) is 4.90 Å². The summed E-state index contributed by atoms with van der Waals surface area (Å²) in [4.78, 5) is 14.1. The van der Waals surface area contributed by atoms with Crippen molar-refractivity contribution < 1.29 is 18.0 Å². The summed E-state index contributed by atoms with van der Waals surface area (Å²) in [6.45, 7) is 0.114. The molecule has 0 aromatic carbocycles. The molecule has 114 valence electrons. The van der Waals surface area contributed by atoms with Crippen molar-refractivity contribution in [1.29, 1.82) is 0 Å². The molecule has 2 aliphatic rings. The van der Waals surface area contributed by atoms with Gasteiger partial charge in [0.05, 0.1) is 16.3 Å². The van der Waals surface area contributed by atoms with Crippen LogP contribution in [0, 0.1) is 11.3 Å². The number of nitrogens with two attached hydrogens (primary N) is 1. The molecule has 1 saturated carbocycles. The van der Waals surface area contributed by atoms with Gasteiger partial charge in [0.25, 0.3) is 0 Å². The first-order valence-electron chi connectivity index (χ1n) is 6.93. The van der Waals surface area contributed by atoms with E-state index in [1.807, 2.05) is 0 Å². The molecule has 1 amide bonds. The van der Waals surface area contributed by atoms with Crippen molar-refractivity contribution in [3.8, 4) is 0 Å². The Kier molecular flexibility index (Phi) is 4.27. The second-order valence-electron chi connectivity index (χ2n) is 5.79. The lowest BCUT2D eigenvalue weighted by Crippen LogP contribution is -2.53. The predicted molar refractivity (Wildman–Crippen MR) is 73.0 cm³/mol. The van der Waals surface area contributed by atoms with Crippen LogP contribution in [0.25, 0.3) is 0 Å². The topological polar surface area (TPSA) is 46.3 Å². The fourth-order valence-electron chi connectivity index (χ4n) is 3.28. The van der Waals surface area contributed by atoms with Crippen molar-refractivity contribution >= 4 is 23.1 Å². The number of carbonyl (C=O) groups excluding carboxylic acids is 1. The van der Waals surface area contributed by atoms with Crippen LogP contribution in [0.3, 0.4) is 0 Å². The smallest absolute Gasteiger partial charge is 0.392 e. The van der Waals surface area contributed by atoms with E-state index in [2.05, 4.69) is 0 Å². The lowest BCUT2D eigenvalue weighted by atomic mass is 9.83. The maximum atomic E-state index is 12.8. The van der Waals surface area contributed by atoms with E-state index in [0.29, 0.717) is 25.8 Å². The van der Waals surface area contributed by atoms with Gasteiger partial charge in [0, 0.05) is 13.1 Å². The number of halogens is 3. The maximum Gasteiger partial charge on any atom is 0.393 e. The molecule has 0 aromatic heterocycles. The molecule has 7 heteroatoms. The molecule has 1 atom stereocenters. The highest BCUT2D eigenvalue weighted by Crippen LogP contribution is 2.42. The van der Waals surface area contributed by atoms with E-state index >= 15 is 0 Å². The van der Waals surface area contributed by atoms with Crippen LogP contribution >= 0.6 is 12.2 Å². The van der Waals surface area contributed by atoms with E-state index in [4.69, 9.17) is 18.0 Å². The summed E-state index contributed by atoms with van der Waals surface area (Å²) in [5.74, 6) is -1.72. The number of nitrogens with zero attached hydrogens (tertiary/aromatic N) is 1. The lowest BCUT2D eigenvalue weighted by molar-refractivity contribution is -0.189. The third-order valence-electron chi connectivity index (χ3n) is 4.51. The Bertz CT molecular complexity index is 405. The van der Waals surface area contributed by atoms with Gasteiger partial charge in [-0.3, -0.25) is 4.79 Å². The highest BCUT2D eigenvalue weighted by molar-refractivity contribution is 7.80.